The maximum absolute atomic E-state index is 6.31. The standard InChI is InChI=1S/C14H13NOS.C14H15NOS.3C13H13NOS.2C12H11NOS/c1-2-4-12-10(3-1)13-11(5-8-17-13)14(16-12)6-7-15-9-14;1-2-15-9-13-11-7-8-17-14(11)10-5-3-4-6-12(10)16-13;1-14-8-12-10-6-7-16-13(10)9-4-2-3-5-11(9)15-12;2*1-14-8-12-13-10(6-7-16-13)9-4-2-3-5-11(9)15-12;13-7-11-9-5-6-15-12(9)8-3-1-2-4-10(8)14-11;13-7-11-12-9(5-6-15-12)8-3-1-2-4-10(8)14-11/h1-5,8,15H,6-7,9H2;3-8,13,15H,2,9H2,1H3;3*2-7,12,14H,8H2,1H3;2*1-6,11H,7,13H2. The van der Waals surface area contributed by atoms with E-state index in [4.69, 9.17) is 44.6 Å². The molecule has 0 aliphatic carbocycles. The average Bonchev–Trinajstić information content (AvgIpc) is 1.55. The monoisotopic (exact) mass is 1620 g/mol. The van der Waals surface area contributed by atoms with Gasteiger partial charge in [-0.3, -0.25) is 0 Å². The quantitative estimate of drug-likeness (QED) is 0.0651. The van der Waals surface area contributed by atoms with Crippen molar-refractivity contribution in [2.75, 3.05) is 80.0 Å². The number of nitrogens with two attached hydrogens (primary N) is 2. The summed E-state index contributed by atoms with van der Waals surface area (Å²) in [6.07, 6.45) is 1.68. The Kier molecular flexibility index (Phi) is 24.6. The van der Waals surface area contributed by atoms with Crippen LogP contribution in [-0.4, -0.2) is 80.0 Å². The van der Waals surface area contributed by atoms with Gasteiger partial charge in [0.1, 0.15) is 82.5 Å². The average molecular weight is 1620 g/mol. The Hall–Kier alpha value is -9.24. The zero-order valence-electron chi connectivity index (χ0n) is 62.7. The number of likely N-dealkylation sites (N-methyl/N-ethyl adjacent to an activating group) is 4. The van der Waals surface area contributed by atoms with Crippen LogP contribution in [0.2, 0.25) is 0 Å². The molecule has 0 amide bonds. The highest BCUT2D eigenvalue weighted by Gasteiger charge is 2.44. The van der Waals surface area contributed by atoms with Crippen LogP contribution < -0.4 is 71.2 Å². The summed E-state index contributed by atoms with van der Waals surface area (Å²) in [7, 11) is 5.87. The Labute approximate surface area is 683 Å². The summed E-state index contributed by atoms with van der Waals surface area (Å²) in [5.74, 6) is 6.92. The van der Waals surface area contributed by atoms with Crippen molar-refractivity contribution >= 4 is 79.4 Å². The Morgan fingerprint density at radius 1 is 0.339 bits per heavy atom. The van der Waals surface area contributed by atoms with Crippen molar-refractivity contribution < 1.29 is 33.2 Å². The fourth-order valence-electron chi connectivity index (χ4n) is 15.3. The lowest BCUT2D eigenvalue weighted by Gasteiger charge is -2.35. The largest absolute Gasteiger partial charge is 0.484 e. The molecule has 7 aromatic heterocycles. The highest BCUT2D eigenvalue weighted by atomic mass is 32.1. The summed E-state index contributed by atoms with van der Waals surface area (Å²) in [6.45, 7) is 9.52. The molecule has 15 heterocycles. The van der Waals surface area contributed by atoms with Crippen LogP contribution in [0.15, 0.2) is 250 Å². The number of rotatable bonds is 11. The number of benzene rings is 7. The third-order valence-electron chi connectivity index (χ3n) is 20.5. The van der Waals surface area contributed by atoms with Gasteiger partial charge >= 0.3 is 0 Å². The van der Waals surface area contributed by atoms with Gasteiger partial charge in [0, 0.05) is 150 Å². The van der Waals surface area contributed by atoms with Crippen molar-refractivity contribution in [3.8, 4) is 115 Å². The van der Waals surface area contributed by atoms with Gasteiger partial charge in [-0.25, -0.2) is 0 Å². The molecule has 1 saturated heterocycles. The van der Waals surface area contributed by atoms with Crippen LogP contribution in [0.4, 0.5) is 0 Å². The SMILES string of the molecule is CCNCC1Oc2ccccc2-c2sccc21.CNCC1Oc2ccccc2-c2ccsc21.CNCC1Oc2ccccc2-c2ccsc21.CNCC1Oc2ccccc2-c2sccc21.NCC1Oc2ccccc2-c2ccsc21.NCC1Oc2ccccc2-c2sccc21.c1ccc2c(c1)OC1(CCNC1)c1ccsc1-2. The molecule has 1 spiro atoms. The maximum atomic E-state index is 6.31. The minimum atomic E-state index is -0.121. The Morgan fingerprint density at radius 2 is 0.661 bits per heavy atom. The van der Waals surface area contributed by atoms with Crippen LogP contribution in [0.25, 0.3) is 75.1 Å². The summed E-state index contributed by atoms with van der Waals surface area (Å²) >= 11 is 12.4. The summed E-state index contributed by atoms with van der Waals surface area (Å²) in [6, 6.07) is 72.8. The molecule has 21 heteroatoms. The van der Waals surface area contributed by atoms with E-state index in [0.29, 0.717) is 13.1 Å². The van der Waals surface area contributed by atoms with Crippen LogP contribution in [0.5, 0.6) is 40.2 Å². The van der Waals surface area contributed by atoms with Gasteiger partial charge < -0.3 is 71.2 Å². The first-order chi connectivity index (χ1) is 55.3. The molecule has 9 N–H and O–H groups in total. The fourth-order valence-corrected chi connectivity index (χ4v) is 22.1. The van der Waals surface area contributed by atoms with E-state index in [1.807, 2.05) is 117 Å². The molecule has 8 aliphatic heterocycles. The second-order valence-corrected chi connectivity index (χ2v) is 34.0. The third-order valence-corrected chi connectivity index (χ3v) is 27.4. The van der Waals surface area contributed by atoms with E-state index in [2.05, 4.69) is 199 Å². The van der Waals surface area contributed by atoms with E-state index in [0.717, 1.165) is 92.5 Å². The smallest absolute Gasteiger partial charge is 0.149 e. The van der Waals surface area contributed by atoms with Crippen LogP contribution in [0.3, 0.4) is 0 Å². The molecule has 8 aliphatic rings. The zero-order valence-corrected chi connectivity index (χ0v) is 68.4. The van der Waals surface area contributed by atoms with Crippen LogP contribution in [0, 0.1) is 0 Å². The lowest BCUT2D eigenvalue weighted by molar-refractivity contribution is 0.0861. The van der Waals surface area contributed by atoms with Gasteiger partial charge in [-0.15, -0.1) is 79.4 Å². The predicted molar refractivity (Wildman–Crippen MR) is 467 cm³/mol. The van der Waals surface area contributed by atoms with E-state index in [1.54, 1.807) is 68.0 Å². The zero-order chi connectivity index (χ0) is 76.3. The number of fused-ring (bicyclic) bond motifs is 22. The number of nitrogens with one attached hydrogen (secondary N) is 5. The highest BCUT2D eigenvalue weighted by molar-refractivity contribution is 7.15. The maximum Gasteiger partial charge on any atom is 0.149 e. The molecule has 7 atom stereocenters. The molecule has 572 valence electrons. The minimum absolute atomic E-state index is 0.0150. The molecule has 7 aromatic carbocycles. The number of hydrogen-bond donors (Lipinski definition) is 7. The Balaban J connectivity index is 0.0000000989. The van der Waals surface area contributed by atoms with E-state index in [-0.39, 0.29) is 42.2 Å². The van der Waals surface area contributed by atoms with E-state index >= 15 is 0 Å². The second-order valence-electron chi connectivity index (χ2n) is 27.5. The first-order valence-corrected chi connectivity index (χ1v) is 44.1. The van der Waals surface area contributed by atoms with Gasteiger partial charge in [-0.1, -0.05) is 110 Å². The van der Waals surface area contributed by atoms with Gasteiger partial charge in [-0.05, 0) is 181 Å². The number of ether oxygens (including phenoxy) is 7. The Bertz CT molecular complexity index is 5140. The molecule has 7 unspecified atom stereocenters. The van der Waals surface area contributed by atoms with E-state index < -0.39 is 0 Å². The molecule has 1 fully saturated rings. The first-order valence-electron chi connectivity index (χ1n) is 37.9. The van der Waals surface area contributed by atoms with Crippen molar-refractivity contribution in [3.63, 3.8) is 0 Å². The van der Waals surface area contributed by atoms with Crippen LogP contribution in [0.1, 0.15) is 86.9 Å². The summed E-state index contributed by atoms with van der Waals surface area (Å²) < 4.78 is 42.1. The molecule has 22 rings (SSSR count). The van der Waals surface area contributed by atoms with Crippen molar-refractivity contribution in [2.24, 2.45) is 11.5 Å². The van der Waals surface area contributed by atoms with Gasteiger partial charge in [0.05, 0.1) is 14.6 Å². The van der Waals surface area contributed by atoms with Crippen molar-refractivity contribution in [2.45, 2.75) is 55.6 Å². The lowest BCUT2D eigenvalue weighted by atomic mass is 9.88. The molecular weight excluding hydrogens is 1530 g/mol. The molecule has 14 aromatic rings. The van der Waals surface area contributed by atoms with Crippen molar-refractivity contribution in [3.05, 3.63) is 287 Å². The van der Waals surface area contributed by atoms with Gasteiger partial charge in [0.2, 0.25) is 0 Å². The van der Waals surface area contributed by atoms with E-state index in [1.165, 1.54) is 112 Å². The van der Waals surface area contributed by atoms with Gasteiger partial charge in [0.15, 0.2) is 0 Å². The van der Waals surface area contributed by atoms with Crippen LogP contribution in [-0.2, 0) is 5.60 Å². The predicted octanol–water partition coefficient (Wildman–Crippen LogP) is 21.3. The summed E-state index contributed by atoms with van der Waals surface area (Å²) in [4.78, 5) is 9.29. The Morgan fingerprint density at radius 3 is 1.07 bits per heavy atom. The minimum Gasteiger partial charge on any atom is -0.484 e. The fraction of sp³-hybridized carbons (Fsp3) is 0.231. The molecular formula is C91H89N7O7S7. The van der Waals surface area contributed by atoms with Gasteiger partial charge in [0.25, 0.3) is 0 Å². The first kappa shape index (κ1) is 76.7. The number of thiophene rings is 7. The number of hydrogen-bond acceptors (Lipinski definition) is 21. The summed E-state index contributed by atoms with van der Waals surface area (Å²) in [5, 5.41) is 31.3. The second kappa shape index (κ2) is 35.8. The molecule has 112 heavy (non-hydrogen) atoms. The van der Waals surface area contributed by atoms with Crippen molar-refractivity contribution in [1.82, 2.24) is 26.6 Å². The molecule has 0 radical (unpaired) electrons. The molecule has 14 nitrogen and oxygen atoms in total. The number of para-hydroxylation sites is 7. The molecule has 0 bridgehead atoms. The normalized spacial score (nSPS) is 18.7. The molecule has 0 saturated carbocycles. The van der Waals surface area contributed by atoms with Crippen molar-refractivity contribution in [1.29, 1.82) is 0 Å². The lowest BCUT2D eigenvalue weighted by Crippen LogP contribution is -2.37. The van der Waals surface area contributed by atoms with Crippen LogP contribution >= 0.6 is 79.4 Å². The van der Waals surface area contributed by atoms with E-state index in [9.17, 15) is 0 Å². The van der Waals surface area contributed by atoms with Gasteiger partial charge in [-0.2, -0.15) is 0 Å². The topological polar surface area (TPSA) is 177 Å². The third kappa shape index (κ3) is 15.9. The highest BCUT2D eigenvalue weighted by Crippen LogP contribution is 2.53. The summed E-state index contributed by atoms with van der Waals surface area (Å²) in [5.41, 5.74) is 28.9.